The van der Waals surface area contributed by atoms with Crippen LogP contribution in [0.3, 0.4) is 0 Å². The van der Waals surface area contributed by atoms with E-state index in [4.69, 9.17) is 4.74 Å². The van der Waals surface area contributed by atoms with Crippen LogP contribution >= 0.6 is 0 Å². The third-order valence-electron chi connectivity index (χ3n) is 4.77. The first-order chi connectivity index (χ1) is 12.1. The molecule has 1 aromatic carbocycles. The highest BCUT2D eigenvalue weighted by Gasteiger charge is 2.21. The molecule has 3 rings (SSSR count). The fourth-order valence-electron chi connectivity index (χ4n) is 3.51. The van der Waals surface area contributed by atoms with Gasteiger partial charge < -0.3 is 20.3 Å². The second-order valence-corrected chi connectivity index (χ2v) is 6.81. The lowest BCUT2D eigenvalue weighted by Crippen LogP contribution is -2.35. The maximum atomic E-state index is 12.7. The van der Waals surface area contributed by atoms with Crippen molar-refractivity contribution >= 4 is 23.2 Å². The average molecular weight is 345 g/mol. The fraction of sp³-hybridized carbons (Fsp3) is 0.579. The van der Waals surface area contributed by atoms with E-state index in [1.165, 1.54) is 13.3 Å². The summed E-state index contributed by atoms with van der Waals surface area (Å²) >= 11 is 0. The van der Waals surface area contributed by atoms with Crippen molar-refractivity contribution in [2.75, 3.05) is 36.5 Å². The maximum Gasteiger partial charge on any atom is 0.253 e. The molecule has 2 heterocycles. The molecule has 136 valence electrons. The van der Waals surface area contributed by atoms with Gasteiger partial charge >= 0.3 is 0 Å². The van der Waals surface area contributed by atoms with Gasteiger partial charge in [0.2, 0.25) is 5.91 Å². The van der Waals surface area contributed by atoms with Crippen molar-refractivity contribution in [2.24, 2.45) is 0 Å². The largest absolute Gasteiger partial charge is 0.376 e. The lowest BCUT2D eigenvalue weighted by atomic mass is 10.1. The zero-order valence-electron chi connectivity index (χ0n) is 14.8. The number of carbonyl (C=O) groups excluding carboxylic acids is 2. The molecule has 25 heavy (non-hydrogen) atoms. The molecule has 0 bridgehead atoms. The molecule has 2 fully saturated rings. The Balaban J connectivity index is 1.77. The van der Waals surface area contributed by atoms with Crippen LogP contribution in [0, 0.1) is 0 Å². The van der Waals surface area contributed by atoms with E-state index in [9.17, 15) is 9.59 Å². The zero-order valence-corrected chi connectivity index (χ0v) is 14.8. The zero-order chi connectivity index (χ0) is 17.6. The number of rotatable bonds is 5. The predicted molar refractivity (Wildman–Crippen MR) is 98.1 cm³/mol. The van der Waals surface area contributed by atoms with E-state index in [0.29, 0.717) is 12.1 Å². The first kappa shape index (κ1) is 17.7. The highest BCUT2D eigenvalue weighted by Crippen LogP contribution is 2.28. The van der Waals surface area contributed by atoms with E-state index < -0.39 is 0 Å². The van der Waals surface area contributed by atoms with Crippen molar-refractivity contribution in [3.8, 4) is 0 Å². The second-order valence-electron chi connectivity index (χ2n) is 6.81. The van der Waals surface area contributed by atoms with Crippen LogP contribution in [0.2, 0.25) is 0 Å². The standard InChI is InChI=1S/C19H27N3O3/c1-14(23)21-15-7-8-17(18(12-15)22-9-3-2-4-10-22)19(24)20-13-16-6-5-11-25-16/h7-8,12,16H,2-6,9-11,13H2,1H3,(H,20,24)(H,21,23)/t16-/m0/s1. The molecule has 2 amide bonds. The Hall–Kier alpha value is -2.08. The van der Waals surface area contributed by atoms with E-state index in [2.05, 4.69) is 15.5 Å². The van der Waals surface area contributed by atoms with E-state index in [1.807, 2.05) is 6.07 Å². The summed E-state index contributed by atoms with van der Waals surface area (Å²) in [6, 6.07) is 5.50. The van der Waals surface area contributed by atoms with E-state index >= 15 is 0 Å². The monoisotopic (exact) mass is 345 g/mol. The van der Waals surface area contributed by atoms with Gasteiger partial charge in [0.05, 0.1) is 17.4 Å². The van der Waals surface area contributed by atoms with Gasteiger partial charge in [-0.05, 0) is 50.3 Å². The van der Waals surface area contributed by atoms with Gasteiger partial charge in [0, 0.05) is 38.9 Å². The first-order valence-corrected chi connectivity index (χ1v) is 9.20. The molecule has 0 unspecified atom stereocenters. The Morgan fingerprint density at radius 1 is 1.20 bits per heavy atom. The number of amides is 2. The van der Waals surface area contributed by atoms with Crippen molar-refractivity contribution in [3.05, 3.63) is 23.8 Å². The molecular formula is C19H27N3O3. The number of carbonyl (C=O) groups is 2. The van der Waals surface area contributed by atoms with Gasteiger partial charge in [0.25, 0.3) is 5.91 Å². The minimum Gasteiger partial charge on any atom is -0.376 e. The molecule has 0 radical (unpaired) electrons. The van der Waals surface area contributed by atoms with Crippen LogP contribution in [0.1, 0.15) is 49.4 Å². The molecule has 6 heteroatoms. The van der Waals surface area contributed by atoms with Crippen LogP contribution in [-0.2, 0) is 9.53 Å². The highest BCUT2D eigenvalue weighted by atomic mass is 16.5. The average Bonchev–Trinajstić information content (AvgIpc) is 3.13. The van der Waals surface area contributed by atoms with Gasteiger partial charge in [-0.1, -0.05) is 0 Å². The quantitative estimate of drug-likeness (QED) is 0.860. The Morgan fingerprint density at radius 2 is 2.00 bits per heavy atom. The van der Waals surface area contributed by atoms with Crippen molar-refractivity contribution < 1.29 is 14.3 Å². The molecule has 2 aliphatic rings. The topological polar surface area (TPSA) is 70.7 Å². The van der Waals surface area contributed by atoms with Crippen LogP contribution in [0.4, 0.5) is 11.4 Å². The Labute approximate surface area is 148 Å². The molecule has 0 saturated carbocycles. The number of ether oxygens (including phenoxy) is 1. The summed E-state index contributed by atoms with van der Waals surface area (Å²) in [5.74, 6) is -0.189. The fourth-order valence-corrected chi connectivity index (χ4v) is 3.51. The first-order valence-electron chi connectivity index (χ1n) is 9.20. The van der Waals surface area contributed by atoms with Gasteiger partial charge in [-0.25, -0.2) is 0 Å². The molecule has 2 saturated heterocycles. The van der Waals surface area contributed by atoms with Crippen molar-refractivity contribution in [1.29, 1.82) is 0 Å². The summed E-state index contributed by atoms with van der Waals surface area (Å²) in [5.41, 5.74) is 2.29. The van der Waals surface area contributed by atoms with E-state index in [0.717, 1.165) is 56.8 Å². The number of hydrogen-bond acceptors (Lipinski definition) is 4. The third kappa shape index (κ3) is 4.72. The maximum absolute atomic E-state index is 12.7. The molecule has 0 aliphatic carbocycles. The van der Waals surface area contributed by atoms with Crippen LogP contribution in [-0.4, -0.2) is 44.2 Å². The SMILES string of the molecule is CC(=O)Nc1ccc(C(=O)NC[C@@H]2CCCO2)c(N2CCCCC2)c1. The van der Waals surface area contributed by atoms with Gasteiger partial charge in [0.1, 0.15) is 0 Å². The third-order valence-corrected chi connectivity index (χ3v) is 4.77. The van der Waals surface area contributed by atoms with Crippen LogP contribution in [0.25, 0.3) is 0 Å². The summed E-state index contributed by atoms with van der Waals surface area (Å²) < 4.78 is 5.58. The molecular weight excluding hydrogens is 318 g/mol. The minimum absolute atomic E-state index is 0.0783. The van der Waals surface area contributed by atoms with Gasteiger partial charge in [-0.2, -0.15) is 0 Å². The smallest absolute Gasteiger partial charge is 0.253 e. The molecule has 6 nitrogen and oxygen atoms in total. The Morgan fingerprint density at radius 3 is 2.68 bits per heavy atom. The molecule has 0 spiro atoms. The van der Waals surface area contributed by atoms with Crippen molar-refractivity contribution in [1.82, 2.24) is 5.32 Å². The summed E-state index contributed by atoms with van der Waals surface area (Å²) in [4.78, 5) is 26.3. The number of benzene rings is 1. The summed E-state index contributed by atoms with van der Waals surface area (Å²) in [7, 11) is 0. The van der Waals surface area contributed by atoms with Crippen molar-refractivity contribution in [2.45, 2.75) is 45.1 Å². The molecule has 0 aromatic heterocycles. The van der Waals surface area contributed by atoms with Crippen LogP contribution in [0.15, 0.2) is 18.2 Å². The van der Waals surface area contributed by atoms with Gasteiger partial charge in [0.15, 0.2) is 0 Å². The normalized spacial score (nSPS) is 20.4. The van der Waals surface area contributed by atoms with Crippen LogP contribution in [0.5, 0.6) is 0 Å². The Kier molecular flexibility index (Phi) is 5.91. The van der Waals surface area contributed by atoms with Crippen LogP contribution < -0.4 is 15.5 Å². The molecule has 2 N–H and O–H groups in total. The summed E-state index contributed by atoms with van der Waals surface area (Å²) in [6.45, 7) is 4.70. The number of anilines is 2. The number of piperidine rings is 1. The van der Waals surface area contributed by atoms with E-state index in [1.54, 1.807) is 12.1 Å². The summed E-state index contributed by atoms with van der Waals surface area (Å²) in [6.07, 6.45) is 5.66. The summed E-state index contributed by atoms with van der Waals surface area (Å²) in [5, 5.41) is 5.81. The van der Waals surface area contributed by atoms with Gasteiger partial charge in [-0.15, -0.1) is 0 Å². The lowest BCUT2D eigenvalue weighted by Gasteiger charge is -2.30. The molecule has 1 aromatic rings. The number of nitrogens with one attached hydrogen (secondary N) is 2. The Bertz CT molecular complexity index is 620. The molecule has 1 atom stereocenters. The lowest BCUT2D eigenvalue weighted by molar-refractivity contribution is -0.114. The predicted octanol–water partition coefficient (Wildman–Crippen LogP) is 2.54. The van der Waals surface area contributed by atoms with Crippen molar-refractivity contribution in [3.63, 3.8) is 0 Å². The highest BCUT2D eigenvalue weighted by molar-refractivity contribution is 6.01. The van der Waals surface area contributed by atoms with E-state index in [-0.39, 0.29) is 17.9 Å². The van der Waals surface area contributed by atoms with Gasteiger partial charge in [-0.3, -0.25) is 9.59 Å². The number of nitrogens with zero attached hydrogens (tertiary/aromatic N) is 1. The minimum atomic E-state index is -0.111. The number of hydrogen-bond donors (Lipinski definition) is 2. The second kappa shape index (κ2) is 8.34. The molecule has 2 aliphatic heterocycles.